The standard InChI is InChI=1S/C9H14N2/c1-3-9(2,10)8-6-4-5-7-11-8/h4-7H,3,10H2,1-2H3. The monoisotopic (exact) mass is 150 g/mol. The molecule has 2 N–H and O–H groups in total. The molecule has 1 heterocycles. The molecule has 2 nitrogen and oxygen atoms in total. The minimum absolute atomic E-state index is 0.277. The molecule has 1 aromatic rings. The van der Waals surface area contributed by atoms with E-state index < -0.39 is 0 Å². The van der Waals surface area contributed by atoms with Crippen molar-refractivity contribution in [2.75, 3.05) is 0 Å². The molecule has 0 bridgehead atoms. The second-order valence-electron chi connectivity index (χ2n) is 2.99. The van der Waals surface area contributed by atoms with Crippen LogP contribution in [0.5, 0.6) is 0 Å². The molecule has 1 atom stereocenters. The van der Waals surface area contributed by atoms with Crippen molar-refractivity contribution in [1.29, 1.82) is 0 Å². The summed E-state index contributed by atoms with van der Waals surface area (Å²) in [7, 11) is 0. The summed E-state index contributed by atoms with van der Waals surface area (Å²) in [5.41, 5.74) is 6.66. The van der Waals surface area contributed by atoms with E-state index >= 15 is 0 Å². The first-order chi connectivity index (χ1) is 5.17. The van der Waals surface area contributed by atoms with Crippen LogP contribution in [0.1, 0.15) is 26.0 Å². The number of pyridine rings is 1. The first-order valence-corrected chi connectivity index (χ1v) is 3.87. The summed E-state index contributed by atoms with van der Waals surface area (Å²) < 4.78 is 0. The molecule has 0 aliphatic carbocycles. The van der Waals surface area contributed by atoms with Gasteiger partial charge in [0, 0.05) is 6.20 Å². The Bertz CT molecular complexity index is 216. The van der Waals surface area contributed by atoms with Gasteiger partial charge in [-0.3, -0.25) is 4.98 Å². The molecule has 0 saturated heterocycles. The topological polar surface area (TPSA) is 38.9 Å². The van der Waals surface area contributed by atoms with Crippen LogP contribution >= 0.6 is 0 Å². The highest BCUT2D eigenvalue weighted by molar-refractivity contribution is 5.12. The van der Waals surface area contributed by atoms with Gasteiger partial charge in [-0.05, 0) is 25.5 Å². The zero-order chi connectivity index (χ0) is 8.32. The van der Waals surface area contributed by atoms with Crippen molar-refractivity contribution in [2.24, 2.45) is 5.73 Å². The van der Waals surface area contributed by atoms with E-state index in [1.807, 2.05) is 25.1 Å². The lowest BCUT2D eigenvalue weighted by Crippen LogP contribution is -2.32. The molecule has 2 heteroatoms. The van der Waals surface area contributed by atoms with Crippen LogP contribution in [0.4, 0.5) is 0 Å². The van der Waals surface area contributed by atoms with Crippen LogP contribution in [0, 0.1) is 0 Å². The first-order valence-electron chi connectivity index (χ1n) is 3.87. The van der Waals surface area contributed by atoms with Crippen LogP contribution < -0.4 is 5.73 Å². The third kappa shape index (κ3) is 1.77. The number of aromatic nitrogens is 1. The summed E-state index contributed by atoms with van der Waals surface area (Å²) in [6.07, 6.45) is 2.68. The van der Waals surface area contributed by atoms with Gasteiger partial charge < -0.3 is 5.73 Å². The Morgan fingerprint density at radius 2 is 2.27 bits per heavy atom. The average Bonchev–Trinajstić information content (AvgIpc) is 2.06. The van der Waals surface area contributed by atoms with Crippen molar-refractivity contribution < 1.29 is 0 Å². The van der Waals surface area contributed by atoms with Crippen molar-refractivity contribution in [2.45, 2.75) is 25.8 Å². The molecule has 0 aromatic carbocycles. The molecule has 1 aromatic heterocycles. The van der Waals surface area contributed by atoms with E-state index in [1.165, 1.54) is 0 Å². The van der Waals surface area contributed by atoms with Crippen molar-refractivity contribution in [3.63, 3.8) is 0 Å². The average molecular weight is 150 g/mol. The quantitative estimate of drug-likeness (QED) is 0.696. The predicted molar refractivity (Wildman–Crippen MR) is 46.1 cm³/mol. The summed E-state index contributed by atoms with van der Waals surface area (Å²) in [5.74, 6) is 0. The molecule has 0 aliphatic heterocycles. The van der Waals surface area contributed by atoms with Gasteiger partial charge in [0.1, 0.15) is 0 Å². The Kier molecular flexibility index (Phi) is 2.25. The molecule has 0 radical (unpaired) electrons. The van der Waals surface area contributed by atoms with E-state index in [4.69, 9.17) is 5.73 Å². The summed E-state index contributed by atoms with van der Waals surface area (Å²) in [4.78, 5) is 4.20. The fourth-order valence-electron chi connectivity index (χ4n) is 0.882. The molecule has 11 heavy (non-hydrogen) atoms. The molecule has 0 spiro atoms. The van der Waals surface area contributed by atoms with Crippen LogP contribution in [0.25, 0.3) is 0 Å². The Morgan fingerprint density at radius 3 is 2.73 bits per heavy atom. The van der Waals surface area contributed by atoms with Crippen LogP contribution in [-0.2, 0) is 5.54 Å². The van der Waals surface area contributed by atoms with Crippen molar-refractivity contribution in [3.8, 4) is 0 Å². The third-order valence-electron chi connectivity index (χ3n) is 1.98. The van der Waals surface area contributed by atoms with E-state index in [-0.39, 0.29) is 5.54 Å². The highest BCUT2D eigenvalue weighted by Gasteiger charge is 2.18. The fraction of sp³-hybridized carbons (Fsp3) is 0.444. The lowest BCUT2D eigenvalue weighted by atomic mass is 9.96. The molecule has 0 aliphatic rings. The zero-order valence-electron chi connectivity index (χ0n) is 7.04. The molecular weight excluding hydrogens is 136 g/mol. The molecule has 60 valence electrons. The highest BCUT2D eigenvalue weighted by Crippen LogP contribution is 2.17. The minimum atomic E-state index is -0.277. The van der Waals surface area contributed by atoms with Gasteiger partial charge in [0.25, 0.3) is 0 Å². The van der Waals surface area contributed by atoms with Crippen molar-refractivity contribution in [3.05, 3.63) is 30.1 Å². The Morgan fingerprint density at radius 1 is 1.55 bits per heavy atom. The van der Waals surface area contributed by atoms with E-state index in [0.717, 1.165) is 12.1 Å². The Balaban J connectivity index is 2.93. The smallest absolute Gasteiger partial charge is 0.0599 e. The number of hydrogen-bond donors (Lipinski definition) is 1. The third-order valence-corrected chi connectivity index (χ3v) is 1.98. The Hall–Kier alpha value is -0.890. The summed E-state index contributed by atoms with van der Waals surface area (Å²) in [6, 6.07) is 5.82. The van der Waals surface area contributed by atoms with Crippen LogP contribution in [0.15, 0.2) is 24.4 Å². The largest absolute Gasteiger partial charge is 0.320 e. The molecule has 1 rings (SSSR count). The lowest BCUT2D eigenvalue weighted by Gasteiger charge is -2.21. The SMILES string of the molecule is CCC(C)(N)c1ccccn1. The summed E-state index contributed by atoms with van der Waals surface area (Å²) in [5, 5.41) is 0. The van der Waals surface area contributed by atoms with Gasteiger partial charge in [0.15, 0.2) is 0 Å². The highest BCUT2D eigenvalue weighted by atomic mass is 14.8. The van der Waals surface area contributed by atoms with Crippen LogP contribution in [0.2, 0.25) is 0 Å². The van der Waals surface area contributed by atoms with Crippen LogP contribution in [0.3, 0.4) is 0 Å². The van der Waals surface area contributed by atoms with Crippen molar-refractivity contribution in [1.82, 2.24) is 4.98 Å². The molecule has 0 fully saturated rings. The number of hydrogen-bond acceptors (Lipinski definition) is 2. The van der Waals surface area contributed by atoms with E-state index in [0.29, 0.717) is 0 Å². The second-order valence-corrected chi connectivity index (χ2v) is 2.99. The molecule has 1 unspecified atom stereocenters. The van der Waals surface area contributed by atoms with Gasteiger partial charge in [0.2, 0.25) is 0 Å². The van der Waals surface area contributed by atoms with Crippen LogP contribution in [-0.4, -0.2) is 4.98 Å². The van der Waals surface area contributed by atoms with Gasteiger partial charge in [0.05, 0.1) is 11.2 Å². The van der Waals surface area contributed by atoms with E-state index in [9.17, 15) is 0 Å². The fourth-order valence-corrected chi connectivity index (χ4v) is 0.882. The molecule has 0 amide bonds. The number of rotatable bonds is 2. The number of nitrogens with two attached hydrogens (primary N) is 1. The van der Waals surface area contributed by atoms with Gasteiger partial charge in [-0.25, -0.2) is 0 Å². The minimum Gasteiger partial charge on any atom is -0.320 e. The predicted octanol–water partition coefficient (Wildman–Crippen LogP) is 1.67. The lowest BCUT2D eigenvalue weighted by molar-refractivity contribution is 0.462. The first kappa shape index (κ1) is 8.21. The maximum absolute atomic E-state index is 5.97. The van der Waals surface area contributed by atoms with Gasteiger partial charge in [-0.15, -0.1) is 0 Å². The zero-order valence-corrected chi connectivity index (χ0v) is 7.04. The normalized spacial score (nSPS) is 15.9. The molecular formula is C9H14N2. The summed E-state index contributed by atoms with van der Waals surface area (Å²) >= 11 is 0. The number of nitrogens with zero attached hydrogens (tertiary/aromatic N) is 1. The second kappa shape index (κ2) is 3.01. The van der Waals surface area contributed by atoms with E-state index in [2.05, 4.69) is 11.9 Å². The van der Waals surface area contributed by atoms with Gasteiger partial charge in [-0.2, -0.15) is 0 Å². The summed E-state index contributed by atoms with van der Waals surface area (Å²) in [6.45, 7) is 4.06. The molecule has 0 saturated carbocycles. The van der Waals surface area contributed by atoms with E-state index in [1.54, 1.807) is 6.20 Å². The van der Waals surface area contributed by atoms with Gasteiger partial charge in [-0.1, -0.05) is 13.0 Å². The maximum Gasteiger partial charge on any atom is 0.0599 e. The Labute approximate surface area is 67.5 Å². The van der Waals surface area contributed by atoms with Gasteiger partial charge >= 0.3 is 0 Å². The maximum atomic E-state index is 5.97. The van der Waals surface area contributed by atoms with Crippen molar-refractivity contribution >= 4 is 0 Å².